The molecule has 1 aromatic heterocycles. The molecule has 1 aromatic rings. The number of aliphatic hydroxyl groups is 1. The van der Waals surface area contributed by atoms with Crippen LogP contribution < -0.4 is 5.32 Å². The van der Waals surface area contributed by atoms with Crippen LogP contribution in [0.4, 0.5) is 0 Å². The highest BCUT2D eigenvalue weighted by Gasteiger charge is 2.27. The van der Waals surface area contributed by atoms with Crippen LogP contribution in [0.25, 0.3) is 0 Å². The van der Waals surface area contributed by atoms with Gasteiger partial charge in [-0.2, -0.15) is 0 Å². The lowest BCUT2D eigenvalue weighted by molar-refractivity contribution is -0.130. The first-order valence-corrected chi connectivity index (χ1v) is 6.47. The number of furan rings is 1. The number of ether oxygens (including phenoxy) is 1. The Labute approximate surface area is 112 Å². The van der Waals surface area contributed by atoms with E-state index in [-0.39, 0.29) is 24.7 Å². The van der Waals surface area contributed by atoms with Gasteiger partial charge in [0.25, 0.3) is 0 Å². The van der Waals surface area contributed by atoms with E-state index >= 15 is 0 Å². The number of carbonyl (C=O) groups excluding carboxylic acids is 1. The van der Waals surface area contributed by atoms with Crippen LogP contribution in [0.3, 0.4) is 0 Å². The summed E-state index contributed by atoms with van der Waals surface area (Å²) < 4.78 is 10.5. The number of hydrogen-bond acceptors (Lipinski definition) is 5. The lowest BCUT2D eigenvalue weighted by Gasteiger charge is -2.35. The molecule has 1 aliphatic heterocycles. The largest absolute Gasteiger partial charge is 0.467 e. The first-order valence-electron chi connectivity index (χ1n) is 6.47. The molecule has 0 saturated carbocycles. The quantitative estimate of drug-likeness (QED) is 0.785. The second-order valence-corrected chi connectivity index (χ2v) is 4.64. The number of nitrogens with zero attached hydrogens (tertiary/aromatic N) is 1. The van der Waals surface area contributed by atoms with Gasteiger partial charge in [-0.3, -0.25) is 9.69 Å². The number of hydrogen-bond donors (Lipinski definition) is 2. The van der Waals surface area contributed by atoms with E-state index in [1.54, 1.807) is 12.3 Å². The monoisotopic (exact) mass is 268 g/mol. The Morgan fingerprint density at radius 3 is 3.21 bits per heavy atom. The van der Waals surface area contributed by atoms with Crippen molar-refractivity contribution in [3.05, 3.63) is 24.2 Å². The van der Waals surface area contributed by atoms with Crippen molar-refractivity contribution in [1.82, 2.24) is 10.2 Å². The Bertz CT molecular complexity index is 393. The summed E-state index contributed by atoms with van der Waals surface area (Å²) in [6, 6.07) is 3.37. The minimum absolute atomic E-state index is 0.0166. The van der Waals surface area contributed by atoms with Crippen molar-refractivity contribution in [3.63, 3.8) is 0 Å². The fourth-order valence-electron chi connectivity index (χ4n) is 2.11. The maximum Gasteiger partial charge on any atom is 0.237 e. The number of amides is 1. The van der Waals surface area contributed by atoms with Crippen molar-refractivity contribution in [2.75, 3.05) is 26.3 Å². The van der Waals surface area contributed by atoms with E-state index in [4.69, 9.17) is 14.3 Å². The Balaban J connectivity index is 1.81. The standard InChI is InChI=1S/C13H20N2O4/c1-10(15-4-6-19-12(8-15)9-16)13(17)14-7-11-3-2-5-18-11/h2-3,5,10,12,16H,4,6-9H2,1H3,(H,14,17). The molecular formula is C13H20N2O4. The van der Waals surface area contributed by atoms with Gasteiger partial charge >= 0.3 is 0 Å². The number of rotatable bonds is 5. The lowest BCUT2D eigenvalue weighted by Crippen LogP contribution is -2.52. The van der Waals surface area contributed by atoms with Crippen LogP contribution in [0.2, 0.25) is 0 Å². The van der Waals surface area contributed by atoms with Crippen LogP contribution in [0.5, 0.6) is 0 Å². The Morgan fingerprint density at radius 2 is 2.53 bits per heavy atom. The number of nitrogens with one attached hydrogen (secondary N) is 1. The molecule has 1 amide bonds. The molecule has 0 radical (unpaired) electrons. The molecule has 1 saturated heterocycles. The Kier molecular flexibility index (Phi) is 4.95. The molecule has 106 valence electrons. The molecule has 1 fully saturated rings. The predicted octanol–water partition coefficient (Wildman–Crippen LogP) is -0.0226. The summed E-state index contributed by atoms with van der Waals surface area (Å²) in [5.74, 6) is 0.686. The van der Waals surface area contributed by atoms with E-state index in [1.165, 1.54) is 0 Å². The van der Waals surface area contributed by atoms with Crippen LogP contribution in [-0.4, -0.2) is 54.4 Å². The van der Waals surface area contributed by atoms with Crippen molar-refractivity contribution in [1.29, 1.82) is 0 Å². The van der Waals surface area contributed by atoms with Crippen molar-refractivity contribution in [2.24, 2.45) is 0 Å². The second-order valence-electron chi connectivity index (χ2n) is 4.64. The first-order chi connectivity index (χ1) is 9.20. The lowest BCUT2D eigenvalue weighted by atomic mass is 10.2. The first kappa shape index (κ1) is 14.0. The van der Waals surface area contributed by atoms with Gasteiger partial charge in [0.15, 0.2) is 0 Å². The van der Waals surface area contributed by atoms with Gasteiger partial charge in [-0.05, 0) is 19.1 Å². The summed E-state index contributed by atoms with van der Waals surface area (Å²) in [5, 5.41) is 11.9. The van der Waals surface area contributed by atoms with Crippen LogP contribution in [0.15, 0.2) is 22.8 Å². The third-order valence-corrected chi connectivity index (χ3v) is 3.32. The number of aliphatic hydroxyl groups excluding tert-OH is 1. The van der Waals surface area contributed by atoms with E-state index < -0.39 is 0 Å². The minimum Gasteiger partial charge on any atom is -0.467 e. The van der Waals surface area contributed by atoms with Crippen molar-refractivity contribution in [3.8, 4) is 0 Å². The van der Waals surface area contributed by atoms with Gasteiger partial charge in [-0.15, -0.1) is 0 Å². The molecule has 19 heavy (non-hydrogen) atoms. The van der Waals surface area contributed by atoms with Gasteiger partial charge in [0.05, 0.1) is 38.2 Å². The zero-order valence-corrected chi connectivity index (χ0v) is 11.0. The van der Waals surface area contributed by atoms with Gasteiger partial charge in [-0.1, -0.05) is 0 Å². The molecule has 0 spiro atoms. The molecule has 2 N–H and O–H groups in total. The fraction of sp³-hybridized carbons (Fsp3) is 0.615. The van der Waals surface area contributed by atoms with E-state index in [1.807, 2.05) is 17.9 Å². The third kappa shape index (κ3) is 3.79. The van der Waals surface area contributed by atoms with Gasteiger partial charge in [-0.25, -0.2) is 0 Å². The average Bonchev–Trinajstić information content (AvgIpc) is 2.97. The molecule has 6 heteroatoms. The molecule has 2 unspecified atom stereocenters. The number of morpholine rings is 1. The zero-order chi connectivity index (χ0) is 13.7. The molecule has 0 aromatic carbocycles. The molecule has 0 aliphatic carbocycles. The normalized spacial score (nSPS) is 22.1. The molecule has 2 heterocycles. The fourth-order valence-corrected chi connectivity index (χ4v) is 2.11. The Morgan fingerprint density at radius 1 is 1.68 bits per heavy atom. The van der Waals surface area contributed by atoms with E-state index in [9.17, 15) is 4.79 Å². The summed E-state index contributed by atoms with van der Waals surface area (Å²) in [7, 11) is 0. The van der Waals surface area contributed by atoms with Gasteiger partial charge in [0.1, 0.15) is 5.76 Å². The zero-order valence-electron chi connectivity index (χ0n) is 11.0. The number of carbonyl (C=O) groups is 1. The van der Waals surface area contributed by atoms with Crippen molar-refractivity contribution < 1.29 is 19.1 Å². The molecule has 2 rings (SSSR count). The van der Waals surface area contributed by atoms with Crippen LogP contribution in [-0.2, 0) is 16.1 Å². The van der Waals surface area contributed by atoms with Crippen molar-refractivity contribution in [2.45, 2.75) is 25.6 Å². The van der Waals surface area contributed by atoms with E-state index in [0.29, 0.717) is 26.2 Å². The summed E-state index contributed by atoms with van der Waals surface area (Å²) in [6.07, 6.45) is 1.38. The van der Waals surface area contributed by atoms with Gasteiger partial charge in [0, 0.05) is 13.1 Å². The minimum atomic E-state index is -0.243. The molecule has 2 atom stereocenters. The second kappa shape index (κ2) is 6.70. The van der Waals surface area contributed by atoms with E-state index in [0.717, 1.165) is 5.76 Å². The van der Waals surface area contributed by atoms with Crippen molar-refractivity contribution >= 4 is 5.91 Å². The third-order valence-electron chi connectivity index (χ3n) is 3.32. The highest BCUT2D eigenvalue weighted by molar-refractivity contribution is 5.81. The van der Waals surface area contributed by atoms with Crippen LogP contribution in [0.1, 0.15) is 12.7 Å². The van der Waals surface area contributed by atoms with E-state index in [2.05, 4.69) is 5.32 Å². The average molecular weight is 268 g/mol. The summed E-state index contributed by atoms with van der Waals surface area (Å²) >= 11 is 0. The molecule has 6 nitrogen and oxygen atoms in total. The van der Waals surface area contributed by atoms with Gasteiger partial charge in [0.2, 0.25) is 5.91 Å². The SMILES string of the molecule is CC(C(=O)NCc1ccco1)N1CCOC(CO)C1. The summed E-state index contributed by atoms with van der Waals surface area (Å²) in [4.78, 5) is 14.1. The predicted molar refractivity (Wildman–Crippen MR) is 68.4 cm³/mol. The molecule has 1 aliphatic rings. The topological polar surface area (TPSA) is 74.9 Å². The van der Waals surface area contributed by atoms with Gasteiger partial charge < -0.3 is 19.6 Å². The maximum atomic E-state index is 12.0. The summed E-state index contributed by atoms with van der Waals surface area (Å²) in [6.45, 7) is 4.05. The maximum absolute atomic E-state index is 12.0. The highest BCUT2D eigenvalue weighted by Crippen LogP contribution is 2.09. The molecule has 0 bridgehead atoms. The highest BCUT2D eigenvalue weighted by atomic mass is 16.5. The summed E-state index contributed by atoms with van der Waals surface area (Å²) in [5.41, 5.74) is 0. The van der Waals surface area contributed by atoms with Crippen LogP contribution in [0, 0.1) is 0 Å². The molecular weight excluding hydrogens is 248 g/mol. The van der Waals surface area contributed by atoms with Crippen LogP contribution >= 0.6 is 0 Å². The smallest absolute Gasteiger partial charge is 0.237 e. The Hall–Kier alpha value is -1.37.